The first-order valence-electron chi connectivity index (χ1n) is 8.54. The number of phenols is 1. The number of fused-ring (bicyclic) bond motifs is 1. The molecule has 142 valence electrons. The second-order valence-electron chi connectivity index (χ2n) is 6.69. The van der Waals surface area contributed by atoms with E-state index in [4.69, 9.17) is 11.5 Å². The molecular weight excluding hydrogens is 358 g/mol. The van der Waals surface area contributed by atoms with Gasteiger partial charge in [-0.2, -0.15) is 0 Å². The van der Waals surface area contributed by atoms with E-state index in [1.54, 1.807) is 46.9 Å². The van der Waals surface area contributed by atoms with Gasteiger partial charge in [0.1, 0.15) is 34.0 Å². The molecule has 4 aromatic rings. The summed E-state index contributed by atoms with van der Waals surface area (Å²) >= 11 is 0. The van der Waals surface area contributed by atoms with Crippen molar-refractivity contribution >= 4 is 22.9 Å². The van der Waals surface area contributed by atoms with Crippen LogP contribution in [0.5, 0.6) is 5.75 Å². The molecule has 0 fully saturated rings. The number of hydrogen-bond donors (Lipinski definition) is 3. The number of rotatable bonds is 3. The number of aryl methyl sites for hydroxylation is 2. The van der Waals surface area contributed by atoms with E-state index in [9.17, 15) is 9.90 Å². The van der Waals surface area contributed by atoms with Crippen molar-refractivity contribution in [1.29, 1.82) is 0 Å². The highest BCUT2D eigenvalue weighted by atomic mass is 16.3. The molecule has 0 atom stereocenters. The zero-order valence-electron chi connectivity index (χ0n) is 15.6. The van der Waals surface area contributed by atoms with Gasteiger partial charge in [0.2, 0.25) is 0 Å². The minimum Gasteiger partial charge on any atom is -0.508 e. The zero-order valence-corrected chi connectivity index (χ0v) is 15.6. The van der Waals surface area contributed by atoms with Crippen LogP contribution in [0.15, 0.2) is 30.9 Å². The Hall–Kier alpha value is -3.88. The Bertz CT molecular complexity index is 1250. The van der Waals surface area contributed by atoms with Crippen molar-refractivity contribution < 1.29 is 9.90 Å². The number of nitrogens with two attached hydrogens (primary N) is 2. The maximum atomic E-state index is 12.2. The predicted molar refractivity (Wildman–Crippen MR) is 105 cm³/mol. The molecule has 0 bridgehead atoms. The summed E-state index contributed by atoms with van der Waals surface area (Å²) in [5, 5.41) is 10.2. The van der Waals surface area contributed by atoms with Crippen molar-refractivity contribution in [2.24, 2.45) is 12.8 Å². The summed E-state index contributed by atoms with van der Waals surface area (Å²) in [6.07, 6.45) is 5.01. The van der Waals surface area contributed by atoms with Gasteiger partial charge in [0, 0.05) is 18.8 Å². The third-order valence-electron chi connectivity index (χ3n) is 4.74. The number of primary amides is 1. The van der Waals surface area contributed by atoms with Crippen LogP contribution in [-0.2, 0) is 7.05 Å². The third-order valence-corrected chi connectivity index (χ3v) is 4.74. The van der Waals surface area contributed by atoms with Crippen molar-refractivity contribution in [3.8, 4) is 22.8 Å². The first kappa shape index (κ1) is 17.5. The molecule has 0 aliphatic carbocycles. The molecule has 0 unspecified atom stereocenters. The number of anilines is 1. The van der Waals surface area contributed by atoms with E-state index in [1.165, 1.54) is 0 Å². The smallest absolute Gasteiger partial charge is 0.254 e. The maximum Gasteiger partial charge on any atom is 0.254 e. The van der Waals surface area contributed by atoms with E-state index >= 15 is 0 Å². The number of nitrogen functional groups attached to an aromatic ring is 1. The molecule has 1 amide bonds. The number of nitrogens with zero attached hydrogens (tertiary/aromatic N) is 5. The Morgan fingerprint density at radius 1 is 1.18 bits per heavy atom. The van der Waals surface area contributed by atoms with Gasteiger partial charge < -0.3 is 21.1 Å². The van der Waals surface area contributed by atoms with E-state index in [2.05, 4.69) is 15.0 Å². The van der Waals surface area contributed by atoms with Gasteiger partial charge in [-0.1, -0.05) is 6.07 Å². The molecule has 9 heteroatoms. The van der Waals surface area contributed by atoms with Crippen LogP contribution in [0.25, 0.3) is 28.2 Å². The molecule has 28 heavy (non-hydrogen) atoms. The molecule has 0 spiro atoms. The van der Waals surface area contributed by atoms with Crippen molar-refractivity contribution in [3.63, 3.8) is 0 Å². The number of aromatic hydroxyl groups is 1. The SMILES string of the molecule is Cc1ccc(O)c(C)c1-n1c(N)c(C(N)=O)c2nc(-c3cn(C)cn3)cnc21. The lowest BCUT2D eigenvalue weighted by molar-refractivity contribution is 0.100. The molecule has 4 rings (SSSR count). The fourth-order valence-corrected chi connectivity index (χ4v) is 3.37. The molecule has 0 saturated heterocycles. The number of hydrogen-bond acceptors (Lipinski definition) is 6. The molecule has 1 aromatic carbocycles. The zero-order chi connectivity index (χ0) is 20.2. The van der Waals surface area contributed by atoms with E-state index in [1.807, 2.05) is 14.0 Å². The second-order valence-corrected chi connectivity index (χ2v) is 6.69. The third kappa shape index (κ3) is 2.48. The van der Waals surface area contributed by atoms with Crippen molar-refractivity contribution in [2.75, 3.05) is 5.73 Å². The van der Waals surface area contributed by atoms with Crippen LogP contribution in [0.2, 0.25) is 0 Å². The first-order chi connectivity index (χ1) is 13.3. The molecule has 3 heterocycles. The summed E-state index contributed by atoms with van der Waals surface area (Å²) in [7, 11) is 1.85. The number of carbonyl (C=O) groups excluding carboxylic acids is 1. The molecule has 0 aliphatic rings. The Morgan fingerprint density at radius 3 is 2.57 bits per heavy atom. The summed E-state index contributed by atoms with van der Waals surface area (Å²) in [6, 6.07) is 3.37. The second kappa shape index (κ2) is 6.08. The Morgan fingerprint density at radius 2 is 1.93 bits per heavy atom. The van der Waals surface area contributed by atoms with Crippen LogP contribution < -0.4 is 11.5 Å². The van der Waals surface area contributed by atoms with Gasteiger partial charge in [0.05, 0.1) is 18.2 Å². The predicted octanol–water partition coefficient (Wildman–Crippen LogP) is 1.82. The average Bonchev–Trinajstić information content (AvgIpc) is 3.19. The minimum atomic E-state index is -0.704. The lowest BCUT2D eigenvalue weighted by Crippen LogP contribution is -2.14. The summed E-state index contributed by atoms with van der Waals surface area (Å²) in [5.41, 5.74) is 15.9. The van der Waals surface area contributed by atoms with Crippen LogP contribution in [0.1, 0.15) is 21.5 Å². The highest BCUT2D eigenvalue weighted by Gasteiger charge is 2.25. The molecular formula is C19H19N7O2. The number of imidazole rings is 1. The summed E-state index contributed by atoms with van der Waals surface area (Å²) in [6.45, 7) is 3.65. The van der Waals surface area contributed by atoms with Crippen LogP contribution >= 0.6 is 0 Å². The van der Waals surface area contributed by atoms with Crippen molar-refractivity contribution in [1.82, 2.24) is 24.1 Å². The topological polar surface area (TPSA) is 138 Å². The molecule has 3 aromatic heterocycles. The molecule has 0 aliphatic heterocycles. The number of aromatic nitrogens is 5. The van der Waals surface area contributed by atoms with Gasteiger partial charge in [0.15, 0.2) is 5.65 Å². The average molecular weight is 377 g/mol. The van der Waals surface area contributed by atoms with Crippen molar-refractivity contribution in [2.45, 2.75) is 13.8 Å². The van der Waals surface area contributed by atoms with Gasteiger partial charge in [-0.3, -0.25) is 9.36 Å². The summed E-state index contributed by atoms with van der Waals surface area (Å²) < 4.78 is 3.39. The van der Waals surface area contributed by atoms with Crippen LogP contribution in [0, 0.1) is 13.8 Å². The van der Waals surface area contributed by atoms with Crippen LogP contribution in [0.4, 0.5) is 5.82 Å². The molecule has 0 saturated carbocycles. The fraction of sp³-hybridized carbons (Fsp3) is 0.158. The fourth-order valence-electron chi connectivity index (χ4n) is 3.37. The first-order valence-corrected chi connectivity index (χ1v) is 8.54. The minimum absolute atomic E-state index is 0.0856. The monoisotopic (exact) mass is 377 g/mol. The van der Waals surface area contributed by atoms with Crippen LogP contribution in [-0.4, -0.2) is 35.1 Å². The number of amides is 1. The lowest BCUT2D eigenvalue weighted by Gasteiger charge is -2.15. The van der Waals surface area contributed by atoms with Gasteiger partial charge in [0.25, 0.3) is 5.91 Å². The maximum absolute atomic E-state index is 12.2. The quantitative estimate of drug-likeness (QED) is 0.498. The van der Waals surface area contributed by atoms with Gasteiger partial charge in [-0.05, 0) is 25.5 Å². The highest BCUT2D eigenvalue weighted by molar-refractivity contribution is 6.09. The van der Waals surface area contributed by atoms with E-state index in [0.29, 0.717) is 28.3 Å². The highest BCUT2D eigenvalue weighted by Crippen LogP contribution is 2.35. The van der Waals surface area contributed by atoms with E-state index in [-0.39, 0.29) is 22.6 Å². The Kier molecular flexibility index (Phi) is 3.81. The van der Waals surface area contributed by atoms with Gasteiger partial charge >= 0.3 is 0 Å². The molecule has 9 nitrogen and oxygen atoms in total. The number of carbonyl (C=O) groups is 1. The number of phenolic OH excluding ortho intramolecular Hbond substituents is 1. The summed E-state index contributed by atoms with van der Waals surface area (Å²) in [5.74, 6) is -0.470. The molecule has 5 N–H and O–H groups in total. The Labute approximate surface area is 160 Å². The Balaban J connectivity index is 2.08. The number of benzene rings is 1. The van der Waals surface area contributed by atoms with E-state index < -0.39 is 5.91 Å². The molecule has 0 radical (unpaired) electrons. The van der Waals surface area contributed by atoms with Gasteiger partial charge in [-0.25, -0.2) is 15.0 Å². The lowest BCUT2D eigenvalue weighted by atomic mass is 10.1. The van der Waals surface area contributed by atoms with Crippen LogP contribution in [0.3, 0.4) is 0 Å². The van der Waals surface area contributed by atoms with Crippen molar-refractivity contribution in [3.05, 3.63) is 47.5 Å². The van der Waals surface area contributed by atoms with E-state index in [0.717, 1.165) is 5.56 Å². The normalized spacial score (nSPS) is 11.2. The standard InChI is InChI=1S/C19H19N7O2/c1-9-4-5-13(27)10(2)16(9)26-17(20)14(18(21)28)15-19(26)22-6-11(24-15)12-7-25(3)8-23-12/h4-8,27H,20H2,1-3H3,(H2,21,28). The van der Waals surface area contributed by atoms with Gasteiger partial charge in [-0.15, -0.1) is 0 Å². The largest absolute Gasteiger partial charge is 0.508 e. The summed E-state index contributed by atoms with van der Waals surface area (Å²) in [4.78, 5) is 25.5.